The summed E-state index contributed by atoms with van der Waals surface area (Å²) in [5, 5.41) is 3.94. The maximum atomic E-state index is 12.7. The predicted molar refractivity (Wildman–Crippen MR) is 111 cm³/mol. The Labute approximate surface area is 167 Å². The monoisotopic (exact) mass is 407 g/mol. The number of ether oxygens (including phenoxy) is 1. The smallest absolute Gasteiger partial charge is 0.328 e. The zero-order valence-corrected chi connectivity index (χ0v) is 17.3. The topological polar surface area (TPSA) is 71.5 Å². The van der Waals surface area contributed by atoms with Crippen molar-refractivity contribution in [3.05, 3.63) is 29.3 Å². The summed E-state index contributed by atoms with van der Waals surface area (Å²) in [6.07, 6.45) is 4.50. The van der Waals surface area contributed by atoms with Gasteiger partial charge in [-0.1, -0.05) is 12.1 Å². The van der Waals surface area contributed by atoms with E-state index in [-0.39, 0.29) is 11.9 Å². The van der Waals surface area contributed by atoms with Gasteiger partial charge < -0.3 is 15.0 Å². The van der Waals surface area contributed by atoms with Crippen molar-refractivity contribution in [2.75, 3.05) is 32.2 Å². The van der Waals surface area contributed by atoms with Crippen molar-refractivity contribution in [3.8, 4) is 0 Å². The lowest BCUT2D eigenvalue weighted by Gasteiger charge is -2.32. The number of benzene rings is 1. The average molecular weight is 408 g/mol. The highest BCUT2D eigenvalue weighted by Crippen LogP contribution is 2.32. The first-order valence-electron chi connectivity index (χ1n) is 9.10. The van der Waals surface area contributed by atoms with E-state index in [9.17, 15) is 9.59 Å². The van der Waals surface area contributed by atoms with Gasteiger partial charge in [0.15, 0.2) is 0 Å². The number of carbonyl (C=O) groups excluding carboxylic acids is 2. The Morgan fingerprint density at radius 3 is 3.00 bits per heavy atom. The standard InChI is InChI=1S/C19H25N3O3S2/c1-25-18(23)15(9-11-26-2)21-19(24)22-10-5-6-13(12-22)17-20-14-7-3-4-8-16(14)27-17/h3-4,7-8,13,15H,5-6,9-12H2,1-2H3,(H,21,24)/t13?,15-/m1/s1. The number of methoxy groups -OCH3 is 1. The number of likely N-dealkylation sites (tertiary alicyclic amines) is 1. The molecule has 3 rings (SSSR count). The van der Waals surface area contributed by atoms with Crippen LogP contribution in [0, 0.1) is 0 Å². The molecule has 2 atom stereocenters. The minimum Gasteiger partial charge on any atom is -0.467 e. The SMILES string of the molecule is COC(=O)[C@@H](CCSC)NC(=O)N1CCCC(c2nc3ccccc3s2)C1. The number of thioether (sulfide) groups is 1. The second-order valence-corrected chi connectivity index (χ2v) is 8.66. The van der Waals surface area contributed by atoms with E-state index in [1.54, 1.807) is 28.0 Å². The fourth-order valence-corrected chi connectivity index (χ4v) is 4.86. The summed E-state index contributed by atoms with van der Waals surface area (Å²) in [7, 11) is 1.35. The fourth-order valence-electron chi connectivity index (χ4n) is 3.30. The molecule has 0 radical (unpaired) electrons. The molecule has 0 bridgehead atoms. The third kappa shape index (κ3) is 4.93. The van der Waals surface area contributed by atoms with Crippen molar-refractivity contribution in [3.63, 3.8) is 0 Å². The number of esters is 1. The number of hydrogen-bond donors (Lipinski definition) is 1. The lowest BCUT2D eigenvalue weighted by Crippen LogP contribution is -2.51. The summed E-state index contributed by atoms with van der Waals surface area (Å²) >= 11 is 3.35. The van der Waals surface area contributed by atoms with Crippen LogP contribution in [0.4, 0.5) is 4.79 Å². The first-order chi connectivity index (χ1) is 13.1. The van der Waals surface area contributed by atoms with Gasteiger partial charge in [0.2, 0.25) is 0 Å². The van der Waals surface area contributed by atoms with E-state index in [1.165, 1.54) is 11.8 Å². The molecule has 1 N–H and O–H groups in total. The van der Waals surface area contributed by atoms with Gasteiger partial charge in [0, 0.05) is 19.0 Å². The van der Waals surface area contributed by atoms with Crippen molar-refractivity contribution in [1.82, 2.24) is 15.2 Å². The van der Waals surface area contributed by atoms with Crippen LogP contribution >= 0.6 is 23.1 Å². The molecule has 1 aromatic heterocycles. The number of aromatic nitrogens is 1. The summed E-state index contributed by atoms with van der Waals surface area (Å²) in [5.41, 5.74) is 1.02. The van der Waals surface area contributed by atoms with Gasteiger partial charge in [0.25, 0.3) is 0 Å². The third-order valence-electron chi connectivity index (χ3n) is 4.76. The Morgan fingerprint density at radius 2 is 2.26 bits per heavy atom. The first kappa shape index (κ1) is 19.9. The molecule has 0 saturated carbocycles. The number of amides is 2. The maximum Gasteiger partial charge on any atom is 0.328 e. The van der Waals surface area contributed by atoms with Crippen molar-refractivity contribution in [1.29, 1.82) is 0 Å². The van der Waals surface area contributed by atoms with Gasteiger partial charge in [-0.3, -0.25) is 0 Å². The molecule has 6 nitrogen and oxygen atoms in total. The summed E-state index contributed by atoms with van der Waals surface area (Å²) in [6, 6.07) is 7.32. The molecule has 1 aromatic carbocycles. The number of nitrogens with zero attached hydrogens (tertiary/aromatic N) is 2. The number of fused-ring (bicyclic) bond motifs is 1. The van der Waals surface area contributed by atoms with Gasteiger partial charge >= 0.3 is 12.0 Å². The summed E-state index contributed by atoms with van der Waals surface area (Å²) in [4.78, 5) is 31.2. The highest BCUT2D eigenvalue weighted by molar-refractivity contribution is 7.98. The van der Waals surface area contributed by atoms with E-state index in [4.69, 9.17) is 9.72 Å². The van der Waals surface area contributed by atoms with E-state index < -0.39 is 12.0 Å². The van der Waals surface area contributed by atoms with Gasteiger partial charge in [-0.25, -0.2) is 14.6 Å². The minimum atomic E-state index is -0.599. The first-order valence-corrected chi connectivity index (χ1v) is 11.3. The third-order valence-corrected chi connectivity index (χ3v) is 6.61. The van der Waals surface area contributed by atoms with E-state index >= 15 is 0 Å². The molecule has 8 heteroatoms. The molecular weight excluding hydrogens is 382 g/mol. The van der Waals surface area contributed by atoms with Crippen molar-refractivity contribution >= 4 is 45.3 Å². The second kappa shape index (κ2) is 9.41. The van der Waals surface area contributed by atoms with E-state index in [1.807, 2.05) is 24.5 Å². The Kier molecular flexibility index (Phi) is 6.95. The quantitative estimate of drug-likeness (QED) is 0.743. The molecule has 0 spiro atoms. The van der Waals surface area contributed by atoms with Crippen LogP contribution in [-0.2, 0) is 9.53 Å². The van der Waals surface area contributed by atoms with Gasteiger partial charge in [0.05, 0.1) is 22.3 Å². The van der Waals surface area contributed by atoms with Crippen LogP contribution < -0.4 is 5.32 Å². The van der Waals surface area contributed by atoms with Crippen LogP contribution in [0.15, 0.2) is 24.3 Å². The largest absolute Gasteiger partial charge is 0.467 e. The molecule has 27 heavy (non-hydrogen) atoms. The fraction of sp³-hybridized carbons (Fsp3) is 0.526. The van der Waals surface area contributed by atoms with Crippen LogP contribution in [0.2, 0.25) is 0 Å². The lowest BCUT2D eigenvalue weighted by molar-refractivity contribution is -0.142. The molecule has 2 heterocycles. The van der Waals surface area contributed by atoms with Crippen LogP contribution in [0.3, 0.4) is 0 Å². The number of nitrogens with one attached hydrogen (secondary N) is 1. The van der Waals surface area contributed by atoms with Crippen LogP contribution in [0.25, 0.3) is 10.2 Å². The molecule has 1 fully saturated rings. The van der Waals surface area contributed by atoms with E-state index in [0.717, 1.165) is 29.1 Å². The van der Waals surface area contributed by atoms with Crippen LogP contribution in [-0.4, -0.2) is 60.1 Å². The number of rotatable bonds is 6. The number of piperidine rings is 1. The predicted octanol–water partition coefficient (Wildman–Crippen LogP) is 3.48. The van der Waals surface area contributed by atoms with Crippen molar-refractivity contribution in [2.45, 2.75) is 31.2 Å². The average Bonchev–Trinajstić information content (AvgIpc) is 3.14. The number of para-hydroxylation sites is 1. The normalized spacial score (nSPS) is 18.3. The molecule has 1 unspecified atom stereocenters. The van der Waals surface area contributed by atoms with Gasteiger partial charge in [-0.05, 0) is 43.4 Å². The molecular formula is C19H25N3O3S2. The van der Waals surface area contributed by atoms with Crippen molar-refractivity contribution < 1.29 is 14.3 Å². The Bertz CT molecular complexity index is 762. The Morgan fingerprint density at radius 1 is 1.44 bits per heavy atom. The summed E-state index contributed by atoms with van der Waals surface area (Å²) in [6.45, 7) is 1.33. The zero-order valence-electron chi connectivity index (χ0n) is 15.6. The van der Waals surface area contributed by atoms with Gasteiger partial charge in [0.1, 0.15) is 6.04 Å². The van der Waals surface area contributed by atoms with Crippen LogP contribution in [0.5, 0.6) is 0 Å². The zero-order chi connectivity index (χ0) is 19.2. The molecule has 2 amide bonds. The Balaban J connectivity index is 1.65. The molecule has 0 aliphatic carbocycles. The number of hydrogen-bond acceptors (Lipinski definition) is 6. The molecule has 1 saturated heterocycles. The number of urea groups is 1. The molecule has 2 aromatic rings. The summed E-state index contributed by atoms with van der Waals surface area (Å²) in [5.74, 6) is 0.635. The highest BCUT2D eigenvalue weighted by atomic mass is 32.2. The number of thiazole rings is 1. The molecule has 1 aliphatic heterocycles. The van der Waals surface area contributed by atoms with Gasteiger partial charge in [-0.15, -0.1) is 11.3 Å². The van der Waals surface area contributed by atoms with Crippen molar-refractivity contribution in [2.24, 2.45) is 0 Å². The molecule has 1 aliphatic rings. The highest BCUT2D eigenvalue weighted by Gasteiger charge is 2.29. The van der Waals surface area contributed by atoms with Gasteiger partial charge in [-0.2, -0.15) is 11.8 Å². The maximum absolute atomic E-state index is 12.7. The van der Waals surface area contributed by atoms with E-state index in [0.29, 0.717) is 19.5 Å². The van der Waals surface area contributed by atoms with E-state index in [2.05, 4.69) is 11.4 Å². The lowest BCUT2D eigenvalue weighted by atomic mass is 9.99. The number of carbonyl (C=O) groups is 2. The minimum absolute atomic E-state index is 0.197. The molecule has 146 valence electrons. The Hall–Kier alpha value is -1.80. The van der Waals surface area contributed by atoms with Crippen LogP contribution in [0.1, 0.15) is 30.2 Å². The summed E-state index contributed by atoms with van der Waals surface area (Å²) < 4.78 is 6.01. The second-order valence-electron chi connectivity index (χ2n) is 6.61.